The monoisotopic (exact) mass is 266 g/mol. The highest BCUT2D eigenvalue weighted by molar-refractivity contribution is 6.31. The van der Waals surface area contributed by atoms with Crippen LogP contribution in [0.1, 0.15) is 17.3 Å². The van der Waals surface area contributed by atoms with Crippen LogP contribution in [-0.4, -0.2) is 30.8 Å². The van der Waals surface area contributed by atoms with Crippen LogP contribution in [0.2, 0.25) is 5.02 Å². The highest BCUT2D eigenvalue weighted by atomic mass is 35.5. The minimum Gasteiger partial charge on any atom is -0.345 e. The van der Waals surface area contributed by atoms with Crippen molar-refractivity contribution in [3.63, 3.8) is 0 Å². The molecule has 0 radical (unpaired) electrons. The molecule has 1 N–H and O–H groups in total. The Morgan fingerprint density at radius 1 is 1.33 bits per heavy atom. The van der Waals surface area contributed by atoms with Gasteiger partial charge in [-0.15, -0.1) is 0 Å². The number of carbonyl (C=O) groups excluding carboxylic acids is 2. The van der Waals surface area contributed by atoms with Gasteiger partial charge in [-0.1, -0.05) is 17.7 Å². The first-order valence-electron chi connectivity index (χ1n) is 5.40. The molecular weight excluding hydrogens is 252 g/mol. The van der Waals surface area contributed by atoms with Crippen LogP contribution in [0.25, 0.3) is 0 Å². The fraction of sp³-hybridized carbons (Fsp3) is 0.231. The van der Waals surface area contributed by atoms with E-state index >= 15 is 0 Å². The molecule has 0 spiro atoms. The molecule has 18 heavy (non-hydrogen) atoms. The number of hydrogen-bond acceptors (Lipinski definition) is 2. The van der Waals surface area contributed by atoms with E-state index in [1.54, 1.807) is 45.3 Å². The summed E-state index contributed by atoms with van der Waals surface area (Å²) < 4.78 is 0. The molecule has 1 aromatic rings. The second kappa shape index (κ2) is 6.21. The van der Waals surface area contributed by atoms with Gasteiger partial charge in [-0.05, 0) is 31.2 Å². The Labute approximate surface area is 111 Å². The van der Waals surface area contributed by atoms with Gasteiger partial charge in [0.15, 0.2) is 0 Å². The van der Waals surface area contributed by atoms with Crippen LogP contribution in [0.15, 0.2) is 30.4 Å². The lowest BCUT2D eigenvalue weighted by Crippen LogP contribution is -2.23. The maximum Gasteiger partial charge on any atom is 0.255 e. The predicted molar refractivity (Wildman–Crippen MR) is 72.9 cm³/mol. The van der Waals surface area contributed by atoms with Crippen LogP contribution in [0.3, 0.4) is 0 Å². The molecule has 2 amide bonds. The fourth-order valence-corrected chi connectivity index (χ4v) is 1.55. The molecule has 0 unspecified atom stereocenters. The summed E-state index contributed by atoms with van der Waals surface area (Å²) in [6, 6.07) is 4.76. The number of rotatable bonds is 3. The number of amides is 2. The fourth-order valence-electron chi connectivity index (χ4n) is 1.37. The van der Waals surface area contributed by atoms with E-state index in [-0.39, 0.29) is 11.8 Å². The first kappa shape index (κ1) is 14.3. The van der Waals surface area contributed by atoms with Gasteiger partial charge in [-0.3, -0.25) is 9.59 Å². The summed E-state index contributed by atoms with van der Waals surface area (Å²) >= 11 is 5.87. The van der Waals surface area contributed by atoms with Crippen molar-refractivity contribution in [2.75, 3.05) is 19.4 Å². The zero-order valence-electron chi connectivity index (χ0n) is 10.5. The van der Waals surface area contributed by atoms with Crippen molar-refractivity contribution in [2.45, 2.75) is 6.92 Å². The van der Waals surface area contributed by atoms with Crippen LogP contribution in [0.4, 0.5) is 5.69 Å². The number of nitrogens with one attached hydrogen (secondary N) is 1. The number of halogens is 1. The van der Waals surface area contributed by atoms with Crippen LogP contribution in [0.5, 0.6) is 0 Å². The van der Waals surface area contributed by atoms with E-state index in [1.807, 2.05) is 0 Å². The Bertz CT molecular complexity index is 496. The summed E-state index contributed by atoms with van der Waals surface area (Å²) in [4.78, 5) is 24.9. The molecule has 1 aromatic carbocycles. The van der Waals surface area contributed by atoms with Gasteiger partial charge in [-0.2, -0.15) is 0 Å². The third-order valence-electron chi connectivity index (χ3n) is 2.19. The van der Waals surface area contributed by atoms with Crippen molar-refractivity contribution in [3.8, 4) is 0 Å². The molecule has 0 aliphatic heterocycles. The van der Waals surface area contributed by atoms with E-state index < -0.39 is 0 Å². The molecular formula is C13H15ClN2O2. The number of benzene rings is 1. The second-order valence-electron chi connectivity index (χ2n) is 3.88. The molecule has 0 fully saturated rings. The summed E-state index contributed by atoms with van der Waals surface area (Å²) in [7, 11) is 3.29. The molecule has 96 valence electrons. The lowest BCUT2D eigenvalue weighted by Gasteiger charge is -2.14. The van der Waals surface area contributed by atoms with Gasteiger partial charge >= 0.3 is 0 Å². The molecule has 0 aliphatic carbocycles. The lowest BCUT2D eigenvalue weighted by atomic mass is 10.1. The molecule has 0 aliphatic rings. The smallest absolute Gasteiger partial charge is 0.255 e. The van der Waals surface area contributed by atoms with Crippen molar-refractivity contribution in [1.82, 2.24) is 4.90 Å². The molecule has 0 saturated heterocycles. The average molecular weight is 267 g/mol. The Morgan fingerprint density at radius 3 is 2.56 bits per heavy atom. The first-order valence-corrected chi connectivity index (χ1v) is 5.78. The molecule has 0 atom stereocenters. The van der Waals surface area contributed by atoms with E-state index in [9.17, 15) is 9.59 Å². The van der Waals surface area contributed by atoms with Crippen LogP contribution >= 0.6 is 11.6 Å². The topological polar surface area (TPSA) is 49.4 Å². The highest BCUT2D eigenvalue weighted by Gasteiger charge is 2.14. The van der Waals surface area contributed by atoms with Crippen molar-refractivity contribution in [3.05, 3.63) is 40.9 Å². The van der Waals surface area contributed by atoms with E-state index in [1.165, 1.54) is 11.0 Å². The minimum atomic E-state index is -0.299. The van der Waals surface area contributed by atoms with E-state index in [0.717, 1.165) is 0 Å². The molecule has 1 rings (SSSR count). The minimum absolute atomic E-state index is 0.192. The van der Waals surface area contributed by atoms with Crippen molar-refractivity contribution < 1.29 is 9.59 Å². The number of hydrogen-bond donors (Lipinski definition) is 1. The third kappa shape index (κ3) is 3.60. The maximum atomic E-state index is 11.9. The molecule has 5 heteroatoms. The Kier molecular flexibility index (Phi) is 4.92. The average Bonchev–Trinajstić information content (AvgIpc) is 2.28. The van der Waals surface area contributed by atoms with E-state index in [2.05, 4.69) is 5.32 Å². The van der Waals surface area contributed by atoms with Gasteiger partial charge < -0.3 is 10.2 Å². The van der Waals surface area contributed by atoms with Crippen LogP contribution in [-0.2, 0) is 4.79 Å². The zero-order chi connectivity index (χ0) is 13.7. The zero-order valence-corrected chi connectivity index (χ0v) is 11.3. The third-order valence-corrected chi connectivity index (χ3v) is 2.43. The lowest BCUT2D eigenvalue weighted by molar-refractivity contribution is -0.111. The predicted octanol–water partition coefficient (Wildman–Crippen LogP) is 2.56. The van der Waals surface area contributed by atoms with Gasteiger partial charge in [0, 0.05) is 19.1 Å². The quantitative estimate of drug-likeness (QED) is 0.855. The number of nitrogens with zero attached hydrogens (tertiary/aromatic N) is 1. The second-order valence-corrected chi connectivity index (χ2v) is 4.32. The van der Waals surface area contributed by atoms with E-state index in [4.69, 9.17) is 11.6 Å². The molecule has 0 aromatic heterocycles. The molecule has 0 heterocycles. The largest absolute Gasteiger partial charge is 0.345 e. The number of anilines is 1. The van der Waals surface area contributed by atoms with Gasteiger partial charge in [0.05, 0.1) is 11.3 Å². The van der Waals surface area contributed by atoms with Crippen molar-refractivity contribution >= 4 is 29.1 Å². The Balaban J connectivity index is 3.11. The standard InChI is InChI=1S/C13H15ClN2O2/c1-4-5-12(17)15-11-8-9(14)6-7-10(11)13(18)16(2)3/h4-8H,1-3H3,(H,15,17)/b5-4+. The molecule has 4 nitrogen and oxygen atoms in total. The summed E-state index contributed by atoms with van der Waals surface area (Å²) in [5, 5.41) is 3.09. The van der Waals surface area contributed by atoms with Gasteiger partial charge in [0.1, 0.15) is 0 Å². The van der Waals surface area contributed by atoms with Crippen molar-refractivity contribution in [1.29, 1.82) is 0 Å². The number of carbonyl (C=O) groups is 2. The summed E-state index contributed by atoms with van der Waals surface area (Å²) in [6.45, 7) is 1.74. The van der Waals surface area contributed by atoms with E-state index in [0.29, 0.717) is 16.3 Å². The summed E-state index contributed by atoms with van der Waals surface area (Å²) in [5.41, 5.74) is 0.812. The van der Waals surface area contributed by atoms with Crippen LogP contribution < -0.4 is 5.32 Å². The molecule has 0 saturated carbocycles. The van der Waals surface area contributed by atoms with Gasteiger partial charge in [-0.25, -0.2) is 0 Å². The SMILES string of the molecule is C/C=C/C(=O)Nc1cc(Cl)ccc1C(=O)N(C)C. The van der Waals surface area contributed by atoms with Crippen molar-refractivity contribution in [2.24, 2.45) is 0 Å². The van der Waals surface area contributed by atoms with Gasteiger partial charge in [0.2, 0.25) is 5.91 Å². The Morgan fingerprint density at radius 2 is 2.00 bits per heavy atom. The maximum absolute atomic E-state index is 11.9. The number of allylic oxidation sites excluding steroid dienone is 1. The van der Waals surface area contributed by atoms with Gasteiger partial charge in [0.25, 0.3) is 5.91 Å². The highest BCUT2D eigenvalue weighted by Crippen LogP contribution is 2.22. The Hall–Kier alpha value is -1.81. The summed E-state index contributed by atoms with van der Waals surface area (Å²) in [5.74, 6) is -0.491. The van der Waals surface area contributed by atoms with Crippen LogP contribution in [0, 0.1) is 0 Å². The first-order chi connectivity index (χ1) is 8.45. The summed E-state index contributed by atoms with van der Waals surface area (Å²) in [6.07, 6.45) is 3.00. The normalized spacial score (nSPS) is 10.4. The molecule has 0 bridgehead atoms.